The van der Waals surface area contributed by atoms with Crippen LogP contribution in [0.2, 0.25) is 0 Å². The first-order valence-electron chi connectivity index (χ1n) is 8.32. The number of likely N-dealkylation sites (tertiary alicyclic amines) is 1. The Kier molecular flexibility index (Phi) is 5.11. The molecule has 1 heterocycles. The summed E-state index contributed by atoms with van der Waals surface area (Å²) in [6, 6.07) is 19.6. The van der Waals surface area contributed by atoms with E-state index in [4.69, 9.17) is 4.74 Å². The molecule has 1 aliphatic heterocycles. The maximum atomic E-state index is 11.4. The lowest BCUT2D eigenvalue weighted by Gasteiger charge is -2.34. The van der Waals surface area contributed by atoms with Gasteiger partial charge in [-0.05, 0) is 37.6 Å². The molecule has 0 unspecified atom stereocenters. The van der Waals surface area contributed by atoms with Gasteiger partial charge in [-0.15, -0.1) is 0 Å². The Morgan fingerprint density at radius 2 is 1.61 bits per heavy atom. The van der Waals surface area contributed by atoms with Crippen LogP contribution in [0.4, 0.5) is 0 Å². The second-order valence-corrected chi connectivity index (χ2v) is 6.43. The van der Waals surface area contributed by atoms with Gasteiger partial charge in [-0.25, -0.2) is 0 Å². The van der Waals surface area contributed by atoms with Crippen molar-refractivity contribution in [1.29, 1.82) is 0 Å². The van der Waals surface area contributed by atoms with Crippen LogP contribution in [0.25, 0.3) is 0 Å². The molecule has 2 aromatic rings. The van der Waals surface area contributed by atoms with Crippen molar-refractivity contribution in [1.82, 2.24) is 4.90 Å². The topological polar surface area (TPSA) is 32.7 Å². The molecule has 122 valence electrons. The van der Waals surface area contributed by atoms with Gasteiger partial charge < -0.3 is 14.7 Å². The van der Waals surface area contributed by atoms with E-state index >= 15 is 0 Å². The van der Waals surface area contributed by atoms with Crippen molar-refractivity contribution < 1.29 is 9.84 Å². The zero-order chi connectivity index (χ0) is 16.1. The van der Waals surface area contributed by atoms with Crippen molar-refractivity contribution in [3.05, 3.63) is 71.8 Å². The van der Waals surface area contributed by atoms with E-state index in [1.807, 2.05) is 60.7 Å². The molecule has 3 rings (SSSR count). The average Bonchev–Trinajstić information content (AvgIpc) is 2.61. The Hall–Kier alpha value is -1.68. The van der Waals surface area contributed by atoms with Gasteiger partial charge in [0.1, 0.15) is 5.60 Å². The van der Waals surface area contributed by atoms with E-state index in [0.717, 1.165) is 37.1 Å². The Balaban J connectivity index is 1.81. The number of nitrogens with zero attached hydrogens (tertiary/aromatic N) is 1. The summed E-state index contributed by atoms with van der Waals surface area (Å²) in [4.78, 5) is 2.29. The molecule has 0 radical (unpaired) electrons. The molecule has 0 bridgehead atoms. The maximum Gasteiger partial charge on any atom is 0.138 e. The van der Waals surface area contributed by atoms with Gasteiger partial charge in [0.05, 0.1) is 12.7 Å². The second-order valence-electron chi connectivity index (χ2n) is 6.43. The highest BCUT2D eigenvalue weighted by molar-refractivity contribution is 5.36. The zero-order valence-corrected chi connectivity index (χ0v) is 13.7. The molecule has 3 nitrogen and oxygen atoms in total. The lowest BCUT2D eigenvalue weighted by Crippen LogP contribution is -2.41. The summed E-state index contributed by atoms with van der Waals surface area (Å²) in [5, 5.41) is 11.4. The van der Waals surface area contributed by atoms with Crippen molar-refractivity contribution in [3.8, 4) is 0 Å². The van der Waals surface area contributed by atoms with Crippen LogP contribution in [0.1, 0.15) is 24.0 Å². The SMILES string of the molecule is CN1CCC[C@@H](OCC(O)(c2ccccc2)c2ccccc2)C1. The Labute approximate surface area is 138 Å². The van der Waals surface area contributed by atoms with Gasteiger partial charge in [0.2, 0.25) is 0 Å². The first-order valence-corrected chi connectivity index (χ1v) is 8.32. The van der Waals surface area contributed by atoms with Crippen LogP contribution in [-0.2, 0) is 10.3 Å². The monoisotopic (exact) mass is 311 g/mol. The van der Waals surface area contributed by atoms with Gasteiger partial charge in [-0.1, -0.05) is 60.7 Å². The van der Waals surface area contributed by atoms with Gasteiger partial charge in [-0.3, -0.25) is 0 Å². The number of hydrogen-bond acceptors (Lipinski definition) is 3. The Bertz CT molecular complexity index is 560. The summed E-state index contributed by atoms with van der Waals surface area (Å²) in [5.74, 6) is 0. The second kappa shape index (κ2) is 7.26. The molecule has 23 heavy (non-hydrogen) atoms. The molecule has 1 aliphatic rings. The van der Waals surface area contributed by atoms with E-state index in [-0.39, 0.29) is 12.7 Å². The smallest absolute Gasteiger partial charge is 0.138 e. The highest BCUT2D eigenvalue weighted by atomic mass is 16.5. The van der Waals surface area contributed by atoms with Crippen LogP contribution in [0, 0.1) is 0 Å². The quantitative estimate of drug-likeness (QED) is 0.921. The van der Waals surface area contributed by atoms with Gasteiger partial charge >= 0.3 is 0 Å². The van der Waals surface area contributed by atoms with Gasteiger partial charge in [-0.2, -0.15) is 0 Å². The fourth-order valence-corrected chi connectivity index (χ4v) is 3.25. The first-order chi connectivity index (χ1) is 11.2. The third-order valence-electron chi connectivity index (χ3n) is 4.61. The fraction of sp³-hybridized carbons (Fsp3) is 0.400. The summed E-state index contributed by atoms with van der Waals surface area (Å²) >= 11 is 0. The van der Waals surface area contributed by atoms with Gasteiger partial charge in [0, 0.05) is 6.54 Å². The Morgan fingerprint density at radius 3 is 2.13 bits per heavy atom. The lowest BCUT2D eigenvalue weighted by molar-refractivity contribution is -0.0712. The Morgan fingerprint density at radius 1 is 1.04 bits per heavy atom. The summed E-state index contributed by atoms with van der Waals surface area (Å²) in [6.45, 7) is 2.33. The maximum absolute atomic E-state index is 11.4. The normalized spacial score (nSPS) is 19.7. The van der Waals surface area contributed by atoms with Crippen molar-refractivity contribution in [2.24, 2.45) is 0 Å². The molecular formula is C20H25NO2. The van der Waals surface area contributed by atoms with Crippen molar-refractivity contribution in [3.63, 3.8) is 0 Å². The highest BCUT2D eigenvalue weighted by Crippen LogP contribution is 2.30. The average molecular weight is 311 g/mol. The minimum absolute atomic E-state index is 0.188. The van der Waals surface area contributed by atoms with Crippen LogP contribution in [-0.4, -0.2) is 42.9 Å². The first kappa shape index (κ1) is 16.2. The number of likely N-dealkylation sites (N-methyl/N-ethyl adjacent to an activating group) is 1. The number of aliphatic hydroxyl groups is 1. The number of ether oxygens (including phenoxy) is 1. The van der Waals surface area contributed by atoms with Crippen LogP contribution in [0.5, 0.6) is 0 Å². The molecule has 0 aromatic heterocycles. The fourth-order valence-electron chi connectivity index (χ4n) is 3.25. The van der Waals surface area contributed by atoms with Crippen molar-refractivity contribution >= 4 is 0 Å². The van der Waals surface area contributed by atoms with Gasteiger partial charge in [0.15, 0.2) is 0 Å². The number of hydrogen-bond donors (Lipinski definition) is 1. The molecule has 3 heteroatoms. The molecule has 1 saturated heterocycles. The molecular weight excluding hydrogens is 286 g/mol. The minimum atomic E-state index is -1.11. The summed E-state index contributed by atoms with van der Waals surface area (Å²) in [6.07, 6.45) is 2.40. The van der Waals surface area contributed by atoms with E-state index < -0.39 is 5.60 Å². The van der Waals surface area contributed by atoms with Crippen LogP contribution >= 0.6 is 0 Å². The molecule has 0 saturated carbocycles. The summed E-state index contributed by atoms with van der Waals surface area (Å²) in [5.41, 5.74) is 0.629. The third-order valence-corrected chi connectivity index (χ3v) is 4.61. The van der Waals surface area contributed by atoms with E-state index in [1.54, 1.807) is 0 Å². The number of piperidine rings is 1. The molecule has 0 amide bonds. The predicted octanol–water partition coefficient (Wildman–Crippen LogP) is 3.03. The van der Waals surface area contributed by atoms with E-state index in [1.165, 1.54) is 0 Å². The number of benzene rings is 2. The van der Waals surface area contributed by atoms with E-state index in [2.05, 4.69) is 11.9 Å². The molecule has 2 aromatic carbocycles. The third kappa shape index (κ3) is 3.81. The molecule has 1 atom stereocenters. The molecule has 1 fully saturated rings. The van der Waals surface area contributed by atoms with Crippen molar-refractivity contribution in [2.45, 2.75) is 24.5 Å². The predicted molar refractivity (Wildman–Crippen MR) is 92.4 cm³/mol. The number of rotatable bonds is 5. The van der Waals surface area contributed by atoms with E-state index in [9.17, 15) is 5.11 Å². The summed E-state index contributed by atoms with van der Waals surface area (Å²) in [7, 11) is 2.12. The van der Waals surface area contributed by atoms with Crippen LogP contribution in [0.3, 0.4) is 0 Å². The lowest BCUT2D eigenvalue weighted by atomic mass is 9.87. The molecule has 0 aliphatic carbocycles. The highest BCUT2D eigenvalue weighted by Gasteiger charge is 2.33. The molecule has 0 spiro atoms. The zero-order valence-electron chi connectivity index (χ0n) is 13.7. The molecule has 1 N–H and O–H groups in total. The largest absolute Gasteiger partial charge is 0.378 e. The van der Waals surface area contributed by atoms with Gasteiger partial charge in [0.25, 0.3) is 0 Å². The summed E-state index contributed by atoms with van der Waals surface area (Å²) < 4.78 is 6.14. The van der Waals surface area contributed by atoms with Crippen LogP contribution < -0.4 is 0 Å². The standard InChI is InChI=1S/C20H25NO2/c1-21-14-8-13-19(15-21)23-16-20(22,17-9-4-2-5-10-17)18-11-6-3-7-12-18/h2-7,9-12,19,22H,8,13-16H2,1H3/t19-/m1/s1. The van der Waals surface area contributed by atoms with Crippen LogP contribution in [0.15, 0.2) is 60.7 Å². The van der Waals surface area contributed by atoms with Crippen molar-refractivity contribution in [2.75, 3.05) is 26.7 Å². The van der Waals surface area contributed by atoms with E-state index in [0.29, 0.717) is 0 Å². The minimum Gasteiger partial charge on any atom is -0.378 e.